The molecule has 0 spiro atoms. The van der Waals surface area contributed by atoms with Crippen LogP contribution < -0.4 is 45.6 Å². The van der Waals surface area contributed by atoms with E-state index < -0.39 is 0 Å². The largest absolute Gasteiger partial charge is 1.00 e. The average molecular weight is 1370 g/mol. The number of hydrogen-bond donors (Lipinski definition) is 0. The van der Waals surface area contributed by atoms with Crippen LogP contribution in [0.2, 0.25) is 0 Å². The molecule has 0 aliphatic carbocycles. The van der Waals surface area contributed by atoms with Crippen molar-refractivity contribution < 1.29 is 76.5 Å². The molecule has 0 aliphatic rings. The zero-order valence-corrected chi connectivity index (χ0v) is 54.5. The van der Waals surface area contributed by atoms with E-state index >= 15 is 0 Å². The fourth-order valence-corrected chi connectivity index (χ4v) is 10.7. The Kier molecular flexibility index (Phi) is 27.7. The fourth-order valence-electron chi connectivity index (χ4n) is 8.57. The molecule has 0 amide bonds. The number of fused-ring (bicyclic) bond motifs is 4. The topological polar surface area (TPSA) is 0 Å². The van der Waals surface area contributed by atoms with Gasteiger partial charge in [-0.1, -0.05) is 216 Å². The summed E-state index contributed by atoms with van der Waals surface area (Å²) >= 11 is 0. The van der Waals surface area contributed by atoms with E-state index in [9.17, 15) is 0 Å². The van der Waals surface area contributed by atoms with Crippen LogP contribution in [-0.4, -0.2) is 19.0 Å². The molecule has 0 fully saturated rings. The van der Waals surface area contributed by atoms with E-state index in [1.165, 1.54) is 108 Å². The van der Waals surface area contributed by atoms with Gasteiger partial charge in [-0.15, -0.1) is 114 Å². The second kappa shape index (κ2) is 32.4. The van der Waals surface area contributed by atoms with Crippen molar-refractivity contribution in [3.05, 3.63) is 287 Å². The van der Waals surface area contributed by atoms with E-state index in [1.54, 1.807) is 0 Å². The van der Waals surface area contributed by atoms with Crippen molar-refractivity contribution in [3.8, 4) is 0 Å². The molecule has 0 heterocycles. The molecule has 0 nitrogen and oxygen atoms in total. The zero-order chi connectivity index (χ0) is 49.2. The number of aryl methyl sites for hydroxylation is 8. The maximum absolute atomic E-state index is 2.18. The first kappa shape index (κ1) is 63.2. The normalized spacial score (nSPS) is 9.84. The van der Waals surface area contributed by atoms with Gasteiger partial charge in [-0.25, -0.2) is 0 Å². The van der Waals surface area contributed by atoms with E-state index in [4.69, 9.17) is 0 Å². The van der Waals surface area contributed by atoms with Crippen molar-refractivity contribution in [3.63, 3.8) is 0 Å². The summed E-state index contributed by atoms with van der Waals surface area (Å²) in [7, 11) is 1.55. The molecule has 372 valence electrons. The number of rotatable bonds is 4. The third-order valence-corrected chi connectivity index (χ3v) is 15.2. The Labute approximate surface area is 497 Å². The molecule has 0 unspecified atom stereocenters. The van der Waals surface area contributed by atoms with Crippen LogP contribution in [-0.2, 0) is 51.7 Å². The van der Waals surface area contributed by atoms with Crippen LogP contribution in [0.25, 0.3) is 43.1 Å². The van der Waals surface area contributed by atoms with Crippen molar-refractivity contribution in [1.29, 1.82) is 0 Å². The van der Waals surface area contributed by atoms with Gasteiger partial charge in [0.05, 0.1) is 0 Å². The van der Waals surface area contributed by atoms with Gasteiger partial charge in [-0.2, -0.15) is 48.5 Å². The van der Waals surface area contributed by atoms with Gasteiger partial charge in [0.25, 0.3) is 0 Å². The van der Waals surface area contributed by atoms with Gasteiger partial charge in [0, 0.05) is 51.7 Å². The van der Waals surface area contributed by atoms with Gasteiger partial charge in [-0.05, 0) is 27.7 Å². The molecule has 4 radical (unpaired) electrons. The molecule has 12 aromatic rings. The van der Waals surface area contributed by atoms with Crippen LogP contribution in [0, 0.1) is 55.4 Å². The minimum absolute atomic E-state index is 0. The summed E-state index contributed by atoms with van der Waals surface area (Å²) in [5, 5.41) is 16.7. The minimum atomic E-state index is 0. The van der Waals surface area contributed by atoms with Crippen LogP contribution in [0.1, 0.15) is 44.5 Å². The average Bonchev–Trinajstić information content (AvgIpc) is 4.25. The van der Waals surface area contributed by atoms with E-state index in [-0.39, 0.29) is 76.5 Å². The molecule has 0 aromatic heterocycles. The van der Waals surface area contributed by atoms with E-state index in [1.807, 2.05) is 0 Å². The summed E-state index contributed by atoms with van der Waals surface area (Å²) in [6.45, 7) is 17.2. The molecule has 74 heavy (non-hydrogen) atoms. The summed E-state index contributed by atoms with van der Waals surface area (Å²) in [6.07, 6.45) is 0. The van der Waals surface area contributed by atoms with E-state index in [0.717, 1.165) is 19.0 Å². The molecule has 0 saturated carbocycles. The Morgan fingerprint density at radius 3 is 0.581 bits per heavy atom. The predicted molar refractivity (Wildman–Crippen MR) is 312 cm³/mol. The van der Waals surface area contributed by atoms with Crippen LogP contribution >= 0.6 is 0 Å². The molecule has 0 saturated heterocycles. The number of hydrogen-bond acceptors (Lipinski definition) is 0. The summed E-state index contributed by atoms with van der Waals surface area (Å²) in [5.74, 6) is 0. The third kappa shape index (κ3) is 18.1. The molecule has 0 N–H and O–H groups in total. The first-order chi connectivity index (χ1) is 34.0. The molecule has 0 aliphatic heterocycles. The Morgan fingerprint density at radius 2 is 0.405 bits per heavy atom. The second-order valence-electron chi connectivity index (χ2n) is 17.9. The number of benzene rings is 8. The maximum Gasteiger partial charge on any atom is 0.121 e. The van der Waals surface area contributed by atoms with E-state index in [0.29, 0.717) is 0 Å². The summed E-state index contributed by atoms with van der Waals surface area (Å²) < 4.78 is 0. The third-order valence-electron chi connectivity index (χ3n) is 12.7. The molecule has 12 aromatic carbocycles. The van der Waals surface area contributed by atoms with Crippen molar-refractivity contribution in [2.75, 3.05) is 0 Å². The smallest absolute Gasteiger partial charge is 0.121 e. The van der Waals surface area contributed by atoms with Gasteiger partial charge < -0.3 is 24.8 Å². The Balaban J connectivity index is 0.000000232. The molecule has 12 rings (SSSR count). The minimum Gasteiger partial charge on any atom is -1.00 e. The van der Waals surface area contributed by atoms with Gasteiger partial charge in [0.15, 0.2) is 0 Å². The molecule has 0 bridgehead atoms. The summed E-state index contributed by atoms with van der Waals surface area (Å²) in [5.41, 5.74) is 11.0. The zero-order valence-electron chi connectivity index (χ0n) is 43.8. The monoisotopic (exact) mass is 1370 g/mol. The Hall–Kier alpha value is -5.05. The SMILES string of the molecule is Cc1ccc(C)c2[cH-]ccc12.Cc1ccc(C)c2[cH-]ccc12.Cc1ccc(C)c2[cH-]ccc12.Cc1ccc(C)c2[cH-]ccc12.[Cl-].[Cl-].[Hf].[Hf].c1ccc([Si]c2ccccc2)cc1.c1ccc([Si]c2ccccc2)cc1. The summed E-state index contributed by atoms with van der Waals surface area (Å²) in [6, 6.07) is 85.6. The van der Waals surface area contributed by atoms with Gasteiger partial charge in [0.2, 0.25) is 0 Å². The van der Waals surface area contributed by atoms with Gasteiger partial charge in [0.1, 0.15) is 19.0 Å². The van der Waals surface area contributed by atoms with Gasteiger partial charge in [-0.3, -0.25) is 0 Å². The quantitative estimate of drug-likeness (QED) is 0.122. The number of halogens is 2. The van der Waals surface area contributed by atoms with Crippen molar-refractivity contribution in [2.24, 2.45) is 0 Å². The Morgan fingerprint density at radius 1 is 0.230 bits per heavy atom. The first-order valence-corrected chi connectivity index (χ1v) is 26.3. The predicted octanol–water partition coefficient (Wildman–Crippen LogP) is 9.39. The first-order valence-electron chi connectivity index (χ1n) is 24.3. The molecule has 0 atom stereocenters. The van der Waals surface area contributed by atoms with Crippen LogP contribution in [0.4, 0.5) is 0 Å². The van der Waals surface area contributed by atoms with Crippen LogP contribution in [0.15, 0.2) is 243 Å². The molecule has 6 heteroatoms. The molecular weight excluding hydrogens is 1300 g/mol. The Bertz CT molecular complexity index is 2850. The van der Waals surface area contributed by atoms with Crippen molar-refractivity contribution >= 4 is 82.9 Å². The van der Waals surface area contributed by atoms with E-state index in [2.05, 4.69) is 298 Å². The van der Waals surface area contributed by atoms with Gasteiger partial charge >= 0.3 is 0 Å². The summed E-state index contributed by atoms with van der Waals surface area (Å²) in [4.78, 5) is 0. The van der Waals surface area contributed by atoms with Crippen molar-refractivity contribution in [2.45, 2.75) is 55.4 Å². The second-order valence-corrected chi connectivity index (χ2v) is 20.7. The fraction of sp³-hybridized carbons (Fsp3) is 0.118. The molecular formula is C68H64Cl2Hf2Si2-6. The van der Waals surface area contributed by atoms with Crippen LogP contribution in [0.5, 0.6) is 0 Å². The maximum atomic E-state index is 2.18. The standard InChI is InChI=1S/2C12H10Si.4C11H11.2ClH.2Hf/c2*1-3-7-11(8-4-1)13-12-9-5-2-6-10-12;4*1-8-6-7-9(2)11-5-3-4-10(8)11;;;;/h2*1-10H;4*3-7H,1-2H3;2*1H;;/q;;4*-1;;;;/p-2. The van der Waals surface area contributed by atoms with Crippen molar-refractivity contribution in [1.82, 2.24) is 0 Å². The van der Waals surface area contributed by atoms with Crippen LogP contribution in [0.3, 0.4) is 0 Å².